The zero-order chi connectivity index (χ0) is 16.1. The van der Waals surface area contributed by atoms with Crippen molar-refractivity contribution in [2.45, 2.75) is 20.4 Å². The van der Waals surface area contributed by atoms with E-state index in [1.54, 1.807) is 12.4 Å². The number of anilines is 1. The van der Waals surface area contributed by atoms with E-state index in [4.69, 9.17) is 4.74 Å². The summed E-state index contributed by atoms with van der Waals surface area (Å²) in [6.07, 6.45) is 3.56. The van der Waals surface area contributed by atoms with Crippen molar-refractivity contribution < 1.29 is 4.74 Å². The molecule has 0 aliphatic carbocycles. The summed E-state index contributed by atoms with van der Waals surface area (Å²) in [6.45, 7) is 4.79. The van der Waals surface area contributed by atoms with Crippen molar-refractivity contribution in [1.29, 1.82) is 0 Å². The molecule has 0 aliphatic rings. The van der Waals surface area contributed by atoms with Crippen LogP contribution in [0.4, 0.5) is 5.69 Å². The van der Waals surface area contributed by atoms with E-state index in [0.29, 0.717) is 12.4 Å². The molecule has 0 unspecified atom stereocenters. The van der Waals surface area contributed by atoms with Gasteiger partial charge in [0.05, 0.1) is 24.1 Å². The Morgan fingerprint density at radius 3 is 2.61 bits per heavy atom. The number of nitrogens with one attached hydrogen (secondary N) is 1. The smallest absolute Gasteiger partial charge is 0.219 e. The number of ether oxygens (including phenoxy) is 1. The van der Waals surface area contributed by atoms with Crippen LogP contribution in [0.2, 0.25) is 0 Å². The molecule has 1 aromatic carbocycles. The van der Waals surface area contributed by atoms with Crippen LogP contribution in [0.25, 0.3) is 0 Å². The minimum absolute atomic E-state index is 0.585. The molecule has 0 atom stereocenters. The van der Waals surface area contributed by atoms with E-state index in [2.05, 4.69) is 28.3 Å². The van der Waals surface area contributed by atoms with Gasteiger partial charge in [-0.15, -0.1) is 0 Å². The van der Waals surface area contributed by atoms with Crippen LogP contribution in [0.1, 0.15) is 16.8 Å². The summed E-state index contributed by atoms with van der Waals surface area (Å²) in [6, 6.07) is 15.7. The minimum Gasteiger partial charge on any atom is -0.439 e. The van der Waals surface area contributed by atoms with Crippen LogP contribution in [0.3, 0.4) is 0 Å². The van der Waals surface area contributed by atoms with Gasteiger partial charge in [-0.05, 0) is 49.2 Å². The molecule has 0 saturated heterocycles. The van der Waals surface area contributed by atoms with Gasteiger partial charge in [0.1, 0.15) is 5.75 Å². The van der Waals surface area contributed by atoms with Crippen molar-refractivity contribution in [3.05, 3.63) is 77.7 Å². The van der Waals surface area contributed by atoms with Gasteiger partial charge in [0.15, 0.2) is 0 Å². The summed E-state index contributed by atoms with van der Waals surface area (Å²) in [5.41, 5.74) is 4.26. The van der Waals surface area contributed by atoms with Gasteiger partial charge < -0.3 is 10.1 Å². The third-order valence-electron chi connectivity index (χ3n) is 3.71. The van der Waals surface area contributed by atoms with Gasteiger partial charge in [0, 0.05) is 12.3 Å². The molecular formula is C19H19N3O. The van der Waals surface area contributed by atoms with E-state index in [-0.39, 0.29) is 0 Å². The third kappa shape index (κ3) is 3.86. The third-order valence-corrected chi connectivity index (χ3v) is 3.71. The van der Waals surface area contributed by atoms with Gasteiger partial charge in [0.2, 0.25) is 5.88 Å². The normalized spacial score (nSPS) is 10.3. The largest absolute Gasteiger partial charge is 0.439 e. The van der Waals surface area contributed by atoms with Crippen molar-refractivity contribution in [2.75, 3.05) is 5.32 Å². The number of pyridine rings is 2. The summed E-state index contributed by atoms with van der Waals surface area (Å²) in [7, 11) is 0. The van der Waals surface area contributed by atoms with Crippen molar-refractivity contribution in [3.63, 3.8) is 0 Å². The first-order valence-corrected chi connectivity index (χ1v) is 7.56. The summed E-state index contributed by atoms with van der Waals surface area (Å²) >= 11 is 0. The SMILES string of the molecule is Cc1cccc(Oc2ccc(NCc3ccccn3)cn2)c1C. The highest BCUT2D eigenvalue weighted by atomic mass is 16.5. The lowest BCUT2D eigenvalue weighted by Crippen LogP contribution is -2.01. The van der Waals surface area contributed by atoms with E-state index in [1.165, 1.54) is 5.56 Å². The fourth-order valence-electron chi connectivity index (χ4n) is 2.19. The number of hydrogen-bond acceptors (Lipinski definition) is 4. The first-order valence-electron chi connectivity index (χ1n) is 7.56. The molecule has 1 N–H and O–H groups in total. The van der Waals surface area contributed by atoms with E-state index >= 15 is 0 Å². The van der Waals surface area contributed by atoms with Crippen LogP contribution >= 0.6 is 0 Å². The number of aryl methyl sites for hydroxylation is 1. The summed E-state index contributed by atoms with van der Waals surface area (Å²) in [4.78, 5) is 8.63. The highest BCUT2D eigenvalue weighted by Gasteiger charge is 2.04. The molecule has 0 fully saturated rings. The van der Waals surface area contributed by atoms with Crippen molar-refractivity contribution in [2.24, 2.45) is 0 Å². The molecule has 4 nitrogen and oxygen atoms in total. The minimum atomic E-state index is 0.585. The Morgan fingerprint density at radius 2 is 1.87 bits per heavy atom. The Labute approximate surface area is 136 Å². The van der Waals surface area contributed by atoms with Crippen LogP contribution in [-0.2, 0) is 6.54 Å². The van der Waals surface area contributed by atoms with Crippen LogP contribution < -0.4 is 10.1 Å². The topological polar surface area (TPSA) is 47.0 Å². The van der Waals surface area contributed by atoms with Crippen LogP contribution in [0.15, 0.2) is 60.9 Å². The Morgan fingerprint density at radius 1 is 0.957 bits per heavy atom. The Balaban J connectivity index is 1.64. The van der Waals surface area contributed by atoms with E-state index in [0.717, 1.165) is 22.7 Å². The molecule has 2 heterocycles. The summed E-state index contributed by atoms with van der Waals surface area (Å²) < 4.78 is 5.86. The second-order valence-corrected chi connectivity index (χ2v) is 5.36. The maximum atomic E-state index is 5.86. The average Bonchev–Trinajstić information content (AvgIpc) is 2.59. The van der Waals surface area contributed by atoms with E-state index < -0.39 is 0 Å². The Bertz CT molecular complexity index is 770. The van der Waals surface area contributed by atoms with Crippen molar-refractivity contribution in [1.82, 2.24) is 9.97 Å². The van der Waals surface area contributed by atoms with Gasteiger partial charge in [0.25, 0.3) is 0 Å². The van der Waals surface area contributed by atoms with Crippen molar-refractivity contribution >= 4 is 5.69 Å². The number of rotatable bonds is 5. The molecule has 3 rings (SSSR count). The van der Waals surface area contributed by atoms with Crippen LogP contribution in [0.5, 0.6) is 11.6 Å². The monoisotopic (exact) mass is 305 g/mol. The molecular weight excluding hydrogens is 286 g/mol. The average molecular weight is 305 g/mol. The lowest BCUT2D eigenvalue weighted by atomic mass is 10.1. The number of aromatic nitrogens is 2. The summed E-state index contributed by atoms with van der Waals surface area (Å²) in [5, 5.41) is 3.29. The van der Waals surface area contributed by atoms with Gasteiger partial charge in [-0.1, -0.05) is 18.2 Å². The lowest BCUT2D eigenvalue weighted by Gasteiger charge is -2.10. The number of benzene rings is 1. The van der Waals surface area contributed by atoms with Crippen LogP contribution in [0, 0.1) is 13.8 Å². The molecule has 0 saturated carbocycles. The lowest BCUT2D eigenvalue weighted by molar-refractivity contribution is 0.459. The second-order valence-electron chi connectivity index (χ2n) is 5.36. The molecule has 116 valence electrons. The first kappa shape index (κ1) is 15.0. The molecule has 2 aromatic heterocycles. The number of nitrogens with zero attached hydrogens (tertiary/aromatic N) is 2. The van der Waals surface area contributed by atoms with Gasteiger partial charge >= 0.3 is 0 Å². The Kier molecular flexibility index (Phi) is 4.52. The van der Waals surface area contributed by atoms with E-state index in [9.17, 15) is 0 Å². The van der Waals surface area contributed by atoms with Gasteiger partial charge in [-0.3, -0.25) is 4.98 Å². The molecule has 3 aromatic rings. The Hall–Kier alpha value is -2.88. The van der Waals surface area contributed by atoms with Crippen LogP contribution in [-0.4, -0.2) is 9.97 Å². The van der Waals surface area contributed by atoms with Crippen molar-refractivity contribution in [3.8, 4) is 11.6 Å². The molecule has 0 aliphatic heterocycles. The fraction of sp³-hybridized carbons (Fsp3) is 0.158. The molecule has 4 heteroatoms. The quantitative estimate of drug-likeness (QED) is 0.754. The molecule has 0 amide bonds. The number of hydrogen-bond donors (Lipinski definition) is 1. The predicted octanol–water partition coefficient (Wildman–Crippen LogP) is 4.50. The fourth-order valence-corrected chi connectivity index (χ4v) is 2.19. The standard InChI is InChI=1S/C19H19N3O/c1-14-6-5-8-18(15(14)2)23-19-10-9-17(13-22-19)21-12-16-7-3-4-11-20-16/h3-11,13,21H,12H2,1-2H3. The van der Waals surface area contributed by atoms with E-state index in [1.807, 2.05) is 49.4 Å². The first-order chi connectivity index (χ1) is 11.2. The second kappa shape index (κ2) is 6.92. The highest BCUT2D eigenvalue weighted by molar-refractivity contribution is 5.44. The van der Waals surface area contributed by atoms with Gasteiger partial charge in [-0.2, -0.15) is 0 Å². The predicted molar refractivity (Wildman–Crippen MR) is 91.8 cm³/mol. The maximum Gasteiger partial charge on any atom is 0.219 e. The zero-order valence-corrected chi connectivity index (χ0v) is 13.3. The zero-order valence-electron chi connectivity index (χ0n) is 13.3. The van der Waals surface area contributed by atoms with Gasteiger partial charge in [-0.25, -0.2) is 4.98 Å². The summed E-state index contributed by atoms with van der Waals surface area (Å²) in [5.74, 6) is 1.42. The highest BCUT2D eigenvalue weighted by Crippen LogP contribution is 2.26. The molecule has 0 bridgehead atoms. The maximum absolute atomic E-state index is 5.86. The molecule has 23 heavy (non-hydrogen) atoms. The molecule has 0 radical (unpaired) electrons. The molecule has 0 spiro atoms.